The van der Waals surface area contributed by atoms with Gasteiger partial charge in [-0.15, -0.1) is 0 Å². The number of rotatable bonds is 9. The molecule has 0 saturated heterocycles. The zero-order valence-corrected chi connectivity index (χ0v) is 23.1. The standard InChI is InChI=1S/C31H25N3O6S/c1-37-21-9-12-24(28(16-21)38-2)29-23-11-10-22(39-18-19-6-4-3-5-7-19)15-27(23)34(30(29)40-31(35)36)17-20-8-13-25-26(14-20)33-41-32-25/h3-16H,17-18H2,1-2H3,(H,35,36). The molecule has 0 saturated carbocycles. The summed E-state index contributed by atoms with van der Waals surface area (Å²) in [5.41, 5.74) is 5.48. The summed E-state index contributed by atoms with van der Waals surface area (Å²) in [6, 6.07) is 26.7. The summed E-state index contributed by atoms with van der Waals surface area (Å²) in [6.45, 7) is 0.700. The number of aromatic nitrogens is 3. The van der Waals surface area contributed by atoms with E-state index in [9.17, 15) is 9.90 Å². The van der Waals surface area contributed by atoms with Gasteiger partial charge in [0.15, 0.2) is 0 Å². The summed E-state index contributed by atoms with van der Waals surface area (Å²) in [5.74, 6) is 1.91. The molecule has 0 aliphatic heterocycles. The van der Waals surface area contributed by atoms with Crippen LogP contribution in [0.4, 0.5) is 4.79 Å². The van der Waals surface area contributed by atoms with Crippen LogP contribution in [0.1, 0.15) is 11.1 Å². The van der Waals surface area contributed by atoms with Crippen LogP contribution in [0.25, 0.3) is 33.1 Å². The van der Waals surface area contributed by atoms with E-state index >= 15 is 0 Å². The fraction of sp³-hybridized carbons (Fsp3) is 0.129. The summed E-state index contributed by atoms with van der Waals surface area (Å²) in [5, 5.41) is 10.6. The zero-order chi connectivity index (χ0) is 28.3. The lowest BCUT2D eigenvalue weighted by atomic mass is 10.0. The van der Waals surface area contributed by atoms with Gasteiger partial charge in [0.2, 0.25) is 5.88 Å². The second-order valence-electron chi connectivity index (χ2n) is 9.24. The van der Waals surface area contributed by atoms with Crippen molar-refractivity contribution in [1.29, 1.82) is 0 Å². The molecule has 0 bridgehead atoms. The van der Waals surface area contributed by atoms with E-state index in [1.165, 1.54) is 0 Å². The Kier molecular flexibility index (Phi) is 7.13. The van der Waals surface area contributed by atoms with Crippen LogP contribution in [0.3, 0.4) is 0 Å². The lowest BCUT2D eigenvalue weighted by molar-refractivity contribution is 0.141. The van der Waals surface area contributed by atoms with Crippen molar-refractivity contribution in [3.05, 3.63) is 96.1 Å². The molecular formula is C31H25N3O6S. The molecule has 206 valence electrons. The molecule has 0 aliphatic carbocycles. The minimum absolute atomic E-state index is 0.160. The van der Waals surface area contributed by atoms with E-state index in [2.05, 4.69) is 8.75 Å². The maximum Gasteiger partial charge on any atom is 0.512 e. The first-order valence-corrected chi connectivity index (χ1v) is 13.4. The third-order valence-corrected chi connectivity index (χ3v) is 7.31. The van der Waals surface area contributed by atoms with E-state index in [4.69, 9.17) is 18.9 Å². The van der Waals surface area contributed by atoms with E-state index < -0.39 is 6.16 Å². The molecule has 0 aliphatic rings. The van der Waals surface area contributed by atoms with Gasteiger partial charge in [0, 0.05) is 23.1 Å². The van der Waals surface area contributed by atoms with Crippen molar-refractivity contribution in [1.82, 2.24) is 13.3 Å². The molecule has 41 heavy (non-hydrogen) atoms. The average Bonchev–Trinajstić information content (AvgIpc) is 3.58. The molecule has 1 N–H and O–H groups in total. The van der Waals surface area contributed by atoms with Gasteiger partial charge in [-0.25, -0.2) is 4.79 Å². The third kappa shape index (κ3) is 5.24. The van der Waals surface area contributed by atoms with Crippen LogP contribution in [0.2, 0.25) is 0 Å². The minimum atomic E-state index is -1.43. The molecule has 0 radical (unpaired) electrons. The minimum Gasteiger partial charge on any atom is -0.497 e. The Morgan fingerprint density at radius 3 is 2.44 bits per heavy atom. The second-order valence-corrected chi connectivity index (χ2v) is 9.77. The number of benzene rings is 4. The summed E-state index contributed by atoms with van der Waals surface area (Å²) >= 11 is 1.15. The van der Waals surface area contributed by atoms with Crippen LogP contribution < -0.4 is 18.9 Å². The molecule has 6 aromatic rings. The Morgan fingerprint density at radius 1 is 0.854 bits per heavy atom. The van der Waals surface area contributed by atoms with Gasteiger partial charge in [-0.1, -0.05) is 36.4 Å². The Bertz CT molecular complexity index is 1870. The van der Waals surface area contributed by atoms with E-state index in [0.717, 1.165) is 44.8 Å². The molecule has 6 rings (SSSR count). The number of nitrogens with zero attached hydrogens (tertiary/aromatic N) is 3. The highest BCUT2D eigenvalue weighted by molar-refractivity contribution is 7.00. The quantitative estimate of drug-likeness (QED) is 0.186. The van der Waals surface area contributed by atoms with Gasteiger partial charge in [0.25, 0.3) is 0 Å². The Labute approximate surface area is 239 Å². The number of methoxy groups -OCH3 is 2. The molecule has 0 atom stereocenters. The molecule has 0 unspecified atom stereocenters. The van der Waals surface area contributed by atoms with Gasteiger partial charge in [0.1, 0.15) is 34.9 Å². The van der Waals surface area contributed by atoms with Gasteiger partial charge in [-0.2, -0.15) is 8.75 Å². The van der Waals surface area contributed by atoms with E-state index in [1.54, 1.807) is 26.4 Å². The Morgan fingerprint density at radius 2 is 1.66 bits per heavy atom. The predicted molar refractivity (Wildman–Crippen MR) is 156 cm³/mol. The summed E-state index contributed by atoms with van der Waals surface area (Å²) in [7, 11) is 3.13. The monoisotopic (exact) mass is 567 g/mol. The zero-order valence-electron chi connectivity index (χ0n) is 22.2. The summed E-state index contributed by atoms with van der Waals surface area (Å²) in [4.78, 5) is 12.0. The molecule has 10 heteroatoms. The first kappa shape index (κ1) is 26.1. The maximum atomic E-state index is 12.0. The van der Waals surface area contributed by atoms with Crippen molar-refractivity contribution in [2.24, 2.45) is 0 Å². The van der Waals surface area contributed by atoms with Gasteiger partial charge in [0.05, 0.1) is 43.6 Å². The summed E-state index contributed by atoms with van der Waals surface area (Å²) < 4.78 is 33.2. The van der Waals surface area contributed by atoms with Crippen molar-refractivity contribution in [2.45, 2.75) is 13.2 Å². The molecule has 4 aromatic carbocycles. The maximum absolute atomic E-state index is 12.0. The average molecular weight is 568 g/mol. The van der Waals surface area contributed by atoms with E-state index in [-0.39, 0.29) is 5.88 Å². The molecular weight excluding hydrogens is 542 g/mol. The fourth-order valence-electron chi connectivity index (χ4n) is 4.86. The lowest BCUT2D eigenvalue weighted by Crippen LogP contribution is -2.10. The molecule has 0 fully saturated rings. The van der Waals surface area contributed by atoms with E-state index in [0.29, 0.717) is 41.5 Å². The van der Waals surface area contributed by atoms with Crippen LogP contribution in [0.15, 0.2) is 84.9 Å². The largest absolute Gasteiger partial charge is 0.512 e. The van der Waals surface area contributed by atoms with Crippen molar-refractivity contribution in [2.75, 3.05) is 14.2 Å². The highest BCUT2D eigenvalue weighted by atomic mass is 32.1. The third-order valence-electron chi connectivity index (χ3n) is 6.76. The fourth-order valence-corrected chi connectivity index (χ4v) is 5.37. The number of hydrogen-bond donors (Lipinski definition) is 1. The van der Waals surface area contributed by atoms with Crippen molar-refractivity contribution in [3.63, 3.8) is 0 Å². The Hall–Kier alpha value is -5.09. The molecule has 2 aromatic heterocycles. The number of hydrogen-bond acceptors (Lipinski definition) is 8. The molecule has 0 amide bonds. The summed E-state index contributed by atoms with van der Waals surface area (Å²) in [6.07, 6.45) is -1.43. The van der Waals surface area contributed by atoms with Gasteiger partial charge >= 0.3 is 6.16 Å². The van der Waals surface area contributed by atoms with Crippen LogP contribution in [0, 0.1) is 0 Å². The topological polar surface area (TPSA) is 105 Å². The normalized spacial score (nSPS) is 11.1. The van der Waals surface area contributed by atoms with Crippen LogP contribution in [-0.2, 0) is 13.2 Å². The van der Waals surface area contributed by atoms with Crippen molar-refractivity contribution in [3.8, 4) is 34.3 Å². The number of carbonyl (C=O) groups is 1. The Balaban J connectivity index is 1.54. The lowest BCUT2D eigenvalue weighted by Gasteiger charge is -2.13. The van der Waals surface area contributed by atoms with Gasteiger partial charge in [-0.05, 0) is 47.5 Å². The van der Waals surface area contributed by atoms with Crippen molar-refractivity contribution >= 4 is 39.8 Å². The number of fused-ring (bicyclic) bond motifs is 2. The van der Waals surface area contributed by atoms with Gasteiger partial charge in [-0.3, -0.25) is 0 Å². The predicted octanol–water partition coefficient (Wildman–Crippen LogP) is 7.01. The molecule has 9 nitrogen and oxygen atoms in total. The van der Waals surface area contributed by atoms with Crippen LogP contribution in [0.5, 0.6) is 23.1 Å². The van der Waals surface area contributed by atoms with Gasteiger partial charge < -0.3 is 28.6 Å². The highest BCUT2D eigenvalue weighted by Crippen LogP contribution is 2.46. The number of carboxylic acid groups (broad SMARTS) is 1. The SMILES string of the molecule is COc1ccc(-c2c(OC(=O)O)n(Cc3ccc4nsnc4c3)c3cc(OCc4ccccc4)ccc23)c(OC)c1. The highest BCUT2D eigenvalue weighted by Gasteiger charge is 2.25. The van der Waals surface area contributed by atoms with Crippen LogP contribution >= 0.6 is 11.7 Å². The van der Waals surface area contributed by atoms with Crippen LogP contribution in [-0.4, -0.2) is 38.8 Å². The second kappa shape index (κ2) is 11.2. The van der Waals surface area contributed by atoms with E-state index in [1.807, 2.05) is 77.4 Å². The molecule has 2 heterocycles. The first-order chi connectivity index (χ1) is 20.0. The number of ether oxygens (including phenoxy) is 4. The first-order valence-electron chi connectivity index (χ1n) is 12.7. The van der Waals surface area contributed by atoms with Crippen molar-refractivity contribution < 1.29 is 28.8 Å². The smallest absolute Gasteiger partial charge is 0.497 e. The molecule has 0 spiro atoms.